The summed E-state index contributed by atoms with van der Waals surface area (Å²) in [5, 5.41) is 4.26. The molecule has 3 aromatic rings. The largest absolute Gasteiger partial charge is 0.490 e. The van der Waals surface area contributed by atoms with E-state index >= 15 is 0 Å². The summed E-state index contributed by atoms with van der Waals surface area (Å²) in [6.07, 6.45) is -1.11. The summed E-state index contributed by atoms with van der Waals surface area (Å²) in [4.78, 5) is 4.07. The molecule has 9 heteroatoms. The van der Waals surface area contributed by atoms with E-state index in [0.717, 1.165) is 23.4 Å². The third-order valence-corrected chi connectivity index (χ3v) is 4.08. The van der Waals surface area contributed by atoms with Crippen molar-refractivity contribution in [2.24, 2.45) is 5.10 Å². The summed E-state index contributed by atoms with van der Waals surface area (Å²) < 4.78 is 51.4. The fourth-order valence-corrected chi connectivity index (χ4v) is 2.72. The van der Waals surface area contributed by atoms with Gasteiger partial charge < -0.3 is 15.2 Å². The molecule has 0 bridgehead atoms. The predicted molar refractivity (Wildman–Crippen MR) is 108 cm³/mol. The second-order valence-electron chi connectivity index (χ2n) is 6.46. The van der Waals surface area contributed by atoms with Crippen molar-refractivity contribution in [2.75, 3.05) is 12.3 Å². The van der Waals surface area contributed by atoms with E-state index in [4.69, 9.17) is 15.2 Å². The highest BCUT2D eigenvalue weighted by Gasteiger charge is 2.30. The number of alkyl halides is 3. The maximum Gasteiger partial charge on any atom is 0.416 e. The van der Waals surface area contributed by atoms with Crippen molar-refractivity contribution < 1.29 is 22.6 Å². The van der Waals surface area contributed by atoms with E-state index in [1.165, 1.54) is 10.7 Å². The lowest BCUT2D eigenvalue weighted by molar-refractivity contribution is -0.137. The Kier molecular flexibility index (Phi) is 6.29. The van der Waals surface area contributed by atoms with Gasteiger partial charge in [0.05, 0.1) is 30.3 Å². The number of nitrogen functional groups attached to an aromatic ring is 1. The quantitative estimate of drug-likeness (QED) is 0.567. The molecule has 0 radical (unpaired) electrons. The van der Waals surface area contributed by atoms with Gasteiger partial charge in [-0.1, -0.05) is 12.1 Å². The Morgan fingerprint density at radius 1 is 1.13 bits per heavy atom. The first-order valence-electron chi connectivity index (χ1n) is 9.18. The molecule has 0 spiro atoms. The molecule has 0 fully saturated rings. The summed E-state index contributed by atoms with van der Waals surface area (Å²) in [6, 6.07) is 10.2. The van der Waals surface area contributed by atoms with Gasteiger partial charge in [-0.15, -0.1) is 0 Å². The highest BCUT2D eigenvalue weighted by Crippen LogP contribution is 2.31. The summed E-state index contributed by atoms with van der Waals surface area (Å²) in [7, 11) is 0. The van der Waals surface area contributed by atoms with E-state index < -0.39 is 11.7 Å². The molecular weight excluding hydrogens is 397 g/mol. The van der Waals surface area contributed by atoms with Crippen LogP contribution in [0.5, 0.6) is 11.5 Å². The lowest BCUT2D eigenvalue weighted by Gasteiger charge is -2.13. The molecule has 0 aliphatic heterocycles. The highest BCUT2D eigenvalue weighted by atomic mass is 19.4. The maximum absolute atomic E-state index is 12.9. The van der Waals surface area contributed by atoms with E-state index in [-0.39, 0.29) is 12.6 Å². The summed E-state index contributed by atoms with van der Waals surface area (Å²) in [5.41, 5.74) is 6.94. The molecule has 2 aromatic carbocycles. The number of nitrogens with two attached hydrogens (primary N) is 1. The van der Waals surface area contributed by atoms with Crippen molar-refractivity contribution in [1.29, 1.82) is 0 Å². The normalized spacial score (nSPS) is 11.8. The first-order valence-corrected chi connectivity index (χ1v) is 9.18. The molecule has 0 unspecified atom stereocenters. The average Bonchev–Trinajstić information content (AvgIpc) is 3.02. The van der Waals surface area contributed by atoms with Crippen molar-refractivity contribution >= 4 is 12.2 Å². The zero-order valence-electron chi connectivity index (χ0n) is 16.5. The van der Waals surface area contributed by atoms with Gasteiger partial charge >= 0.3 is 6.18 Å². The lowest BCUT2D eigenvalue weighted by atomic mass is 10.1. The van der Waals surface area contributed by atoms with Gasteiger partial charge in [0, 0.05) is 0 Å². The Hall–Kier alpha value is -3.49. The zero-order valence-corrected chi connectivity index (χ0v) is 16.5. The standard InChI is InChI=1S/C21H21F3N4O2/c1-3-29-19-10-15(11-26-28-12-14(2)27-20(28)25)7-8-18(19)30-13-16-5-4-6-17(9-16)21(22,23)24/h4-12H,3,13H2,1-2H3,(H2,25,27). The minimum absolute atomic E-state index is 0.0255. The Bertz CT molecular complexity index is 1040. The zero-order chi connectivity index (χ0) is 21.7. The smallest absolute Gasteiger partial charge is 0.416 e. The number of anilines is 1. The summed E-state index contributed by atoms with van der Waals surface area (Å²) in [6.45, 7) is 4.01. The van der Waals surface area contributed by atoms with Crippen molar-refractivity contribution in [1.82, 2.24) is 9.66 Å². The number of hydrogen-bond acceptors (Lipinski definition) is 5. The number of rotatable bonds is 7. The fraction of sp³-hybridized carbons (Fsp3) is 0.238. The van der Waals surface area contributed by atoms with Crippen molar-refractivity contribution in [3.05, 3.63) is 71.0 Å². The Balaban J connectivity index is 1.76. The van der Waals surface area contributed by atoms with Crippen molar-refractivity contribution in [2.45, 2.75) is 26.6 Å². The number of ether oxygens (including phenoxy) is 2. The molecule has 1 heterocycles. The number of halogens is 3. The summed E-state index contributed by atoms with van der Waals surface area (Å²) in [5.74, 6) is 1.16. The molecule has 30 heavy (non-hydrogen) atoms. The van der Waals surface area contributed by atoms with Crippen LogP contribution in [0, 0.1) is 6.92 Å². The number of aromatic nitrogens is 2. The number of hydrogen-bond donors (Lipinski definition) is 1. The minimum atomic E-state index is -4.40. The second-order valence-corrected chi connectivity index (χ2v) is 6.46. The molecule has 0 saturated carbocycles. The molecular formula is C21H21F3N4O2. The van der Waals surface area contributed by atoms with Gasteiger partial charge in [0.2, 0.25) is 5.95 Å². The van der Waals surface area contributed by atoms with Crippen LogP contribution in [0.2, 0.25) is 0 Å². The third-order valence-electron chi connectivity index (χ3n) is 4.08. The lowest BCUT2D eigenvalue weighted by Crippen LogP contribution is -2.06. The van der Waals surface area contributed by atoms with Gasteiger partial charge in [-0.3, -0.25) is 0 Å². The summed E-state index contributed by atoms with van der Waals surface area (Å²) >= 11 is 0. The van der Waals surface area contributed by atoms with Gasteiger partial charge in [-0.25, -0.2) is 9.66 Å². The van der Waals surface area contributed by atoms with Crippen LogP contribution in [-0.2, 0) is 12.8 Å². The van der Waals surface area contributed by atoms with Crippen LogP contribution >= 0.6 is 0 Å². The van der Waals surface area contributed by atoms with Gasteiger partial charge in [-0.05, 0) is 55.3 Å². The molecule has 2 N–H and O–H groups in total. The molecule has 0 saturated heterocycles. The van der Waals surface area contributed by atoms with Crippen LogP contribution in [0.25, 0.3) is 0 Å². The third kappa shape index (κ3) is 5.31. The first kappa shape index (κ1) is 21.2. The number of benzene rings is 2. The topological polar surface area (TPSA) is 74.7 Å². The van der Waals surface area contributed by atoms with Gasteiger partial charge in [-0.2, -0.15) is 18.3 Å². The SMILES string of the molecule is CCOc1cc(C=Nn2cc(C)nc2N)ccc1OCc1cccc(C(F)(F)F)c1. The molecule has 0 aliphatic carbocycles. The second kappa shape index (κ2) is 8.89. The Morgan fingerprint density at radius 3 is 2.60 bits per heavy atom. The molecule has 6 nitrogen and oxygen atoms in total. The van der Waals surface area contributed by atoms with Crippen molar-refractivity contribution in [3.8, 4) is 11.5 Å². The van der Waals surface area contributed by atoms with Crippen LogP contribution in [-0.4, -0.2) is 22.5 Å². The Labute approximate surface area is 171 Å². The molecule has 158 valence electrons. The van der Waals surface area contributed by atoms with Crippen LogP contribution in [0.15, 0.2) is 53.8 Å². The van der Waals surface area contributed by atoms with Gasteiger partial charge in [0.15, 0.2) is 11.5 Å². The number of aryl methyl sites for hydroxylation is 1. The first-order chi connectivity index (χ1) is 14.3. The van der Waals surface area contributed by atoms with E-state index in [1.807, 2.05) is 13.8 Å². The molecule has 0 aliphatic rings. The van der Waals surface area contributed by atoms with Crippen LogP contribution < -0.4 is 15.2 Å². The van der Waals surface area contributed by atoms with Gasteiger partial charge in [0.25, 0.3) is 0 Å². The monoisotopic (exact) mass is 418 g/mol. The highest BCUT2D eigenvalue weighted by molar-refractivity contribution is 5.81. The number of imidazole rings is 1. The molecule has 1 aromatic heterocycles. The Morgan fingerprint density at radius 2 is 1.93 bits per heavy atom. The van der Waals surface area contributed by atoms with Crippen LogP contribution in [0.4, 0.5) is 19.1 Å². The minimum Gasteiger partial charge on any atom is -0.490 e. The van der Waals surface area contributed by atoms with Crippen LogP contribution in [0.3, 0.4) is 0 Å². The molecule has 0 amide bonds. The average molecular weight is 418 g/mol. The maximum atomic E-state index is 12.9. The van der Waals surface area contributed by atoms with E-state index in [9.17, 15) is 13.2 Å². The van der Waals surface area contributed by atoms with Crippen LogP contribution in [0.1, 0.15) is 29.3 Å². The van der Waals surface area contributed by atoms with E-state index in [0.29, 0.717) is 23.7 Å². The van der Waals surface area contributed by atoms with Gasteiger partial charge in [0.1, 0.15) is 6.61 Å². The molecule has 3 rings (SSSR count). The number of nitrogens with zero attached hydrogens (tertiary/aromatic N) is 3. The fourth-order valence-electron chi connectivity index (χ4n) is 2.72. The predicted octanol–water partition coefficient (Wildman–Crippen LogP) is 4.65. The van der Waals surface area contributed by atoms with Crippen molar-refractivity contribution in [3.63, 3.8) is 0 Å². The van der Waals surface area contributed by atoms with E-state index in [1.54, 1.807) is 36.7 Å². The van der Waals surface area contributed by atoms with E-state index in [2.05, 4.69) is 10.1 Å². The molecule has 0 atom stereocenters.